The number of hydrogen-bond acceptors (Lipinski definition) is 2. The van der Waals surface area contributed by atoms with Crippen molar-refractivity contribution >= 4 is 11.6 Å². The van der Waals surface area contributed by atoms with Crippen molar-refractivity contribution < 1.29 is 13.5 Å². The maximum absolute atomic E-state index is 12.1. The van der Waals surface area contributed by atoms with Crippen LogP contribution in [0.1, 0.15) is 17.2 Å². The highest BCUT2D eigenvalue weighted by Gasteiger charge is 2.11. The molecule has 1 N–H and O–H groups in total. The molecule has 0 saturated heterocycles. The highest BCUT2D eigenvalue weighted by molar-refractivity contribution is 6.30. The maximum Gasteiger partial charge on any atom is 0.387 e. The summed E-state index contributed by atoms with van der Waals surface area (Å²) in [6, 6.07) is 14.4. The van der Waals surface area contributed by atoms with Crippen molar-refractivity contribution in [1.29, 1.82) is 0 Å². The second-order valence-corrected chi connectivity index (χ2v) is 5.06. The molecule has 0 amide bonds. The number of alkyl halides is 2. The van der Waals surface area contributed by atoms with Crippen LogP contribution in [0.4, 0.5) is 8.78 Å². The summed E-state index contributed by atoms with van der Waals surface area (Å²) in [6.45, 7) is -2.80. The molecule has 0 bridgehead atoms. The average molecular weight is 312 g/mol. The smallest absolute Gasteiger partial charge is 0.387 e. The van der Waals surface area contributed by atoms with Crippen LogP contribution in [-0.2, 0) is 6.42 Å². The van der Waals surface area contributed by atoms with Crippen LogP contribution in [0.3, 0.4) is 0 Å². The van der Waals surface area contributed by atoms with Gasteiger partial charge in [0.1, 0.15) is 5.75 Å². The molecule has 0 heterocycles. The van der Waals surface area contributed by atoms with Crippen LogP contribution in [0.25, 0.3) is 0 Å². The number of likely N-dealkylation sites (N-methyl/N-ethyl adjacent to an activating group) is 1. The van der Waals surface area contributed by atoms with Crippen LogP contribution in [0.15, 0.2) is 48.5 Å². The van der Waals surface area contributed by atoms with Crippen molar-refractivity contribution in [1.82, 2.24) is 5.32 Å². The van der Waals surface area contributed by atoms with E-state index in [0.29, 0.717) is 5.02 Å². The van der Waals surface area contributed by atoms with Crippen LogP contribution in [0.2, 0.25) is 5.02 Å². The molecule has 0 radical (unpaired) electrons. The van der Waals surface area contributed by atoms with E-state index >= 15 is 0 Å². The minimum absolute atomic E-state index is 0.0732. The second-order valence-electron chi connectivity index (χ2n) is 4.62. The predicted octanol–water partition coefficient (Wildman–Crippen LogP) is 4.44. The van der Waals surface area contributed by atoms with E-state index in [1.807, 2.05) is 31.3 Å². The minimum Gasteiger partial charge on any atom is -0.435 e. The fourth-order valence-electron chi connectivity index (χ4n) is 2.17. The molecule has 0 aliphatic heterocycles. The summed E-state index contributed by atoms with van der Waals surface area (Å²) < 4.78 is 28.6. The Morgan fingerprint density at radius 1 is 1.14 bits per heavy atom. The Labute approximate surface area is 127 Å². The Balaban J connectivity index is 2.10. The van der Waals surface area contributed by atoms with Gasteiger partial charge in [0.05, 0.1) is 0 Å². The lowest BCUT2D eigenvalue weighted by molar-refractivity contribution is -0.0498. The summed E-state index contributed by atoms with van der Waals surface area (Å²) in [7, 11) is 1.86. The van der Waals surface area contributed by atoms with E-state index in [1.54, 1.807) is 24.3 Å². The van der Waals surface area contributed by atoms with Gasteiger partial charge in [0.2, 0.25) is 0 Å². The summed E-state index contributed by atoms with van der Waals surface area (Å²) in [5, 5.41) is 3.91. The Morgan fingerprint density at radius 3 is 2.43 bits per heavy atom. The molecule has 2 aromatic carbocycles. The Kier molecular flexibility index (Phi) is 5.53. The average Bonchev–Trinajstić information content (AvgIpc) is 2.45. The molecule has 2 nitrogen and oxygen atoms in total. The van der Waals surface area contributed by atoms with Gasteiger partial charge in [0, 0.05) is 11.1 Å². The van der Waals surface area contributed by atoms with Crippen molar-refractivity contribution in [2.75, 3.05) is 7.05 Å². The third-order valence-corrected chi connectivity index (χ3v) is 3.42. The van der Waals surface area contributed by atoms with Crippen LogP contribution >= 0.6 is 11.6 Å². The molecule has 0 aromatic heterocycles. The molecular weight excluding hydrogens is 296 g/mol. The van der Waals surface area contributed by atoms with Crippen LogP contribution in [0, 0.1) is 0 Å². The zero-order valence-electron chi connectivity index (χ0n) is 11.5. The van der Waals surface area contributed by atoms with Crippen molar-refractivity contribution in [3.8, 4) is 5.75 Å². The lowest BCUT2D eigenvalue weighted by atomic mass is 9.99. The fraction of sp³-hybridized carbons (Fsp3) is 0.250. The first kappa shape index (κ1) is 15.7. The standard InChI is InChI=1S/C16H16ClF2NO/c1-20-15(10-11-3-2-4-13(17)9-11)12-5-7-14(8-6-12)21-16(18)19/h2-9,15-16,20H,10H2,1H3. The van der Waals surface area contributed by atoms with Crippen molar-refractivity contribution in [3.05, 3.63) is 64.7 Å². The van der Waals surface area contributed by atoms with Gasteiger partial charge < -0.3 is 10.1 Å². The van der Waals surface area contributed by atoms with Gasteiger partial charge in [-0.05, 0) is 48.9 Å². The van der Waals surface area contributed by atoms with E-state index < -0.39 is 6.61 Å². The molecule has 0 saturated carbocycles. The Bertz CT molecular complexity index is 575. The van der Waals surface area contributed by atoms with Crippen LogP contribution in [-0.4, -0.2) is 13.7 Å². The summed E-state index contributed by atoms with van der Waals surface area (Å²) >= 11 is 5.98. The number of hydrogen-bond donors (Lipinski definition) is 1. The molecule has 5 heteroatoms. The minimum atomic E-state index is -2.80. The number of rotatable bonds is 6. The van der Waals surface area contributed by atoms with Gasteiger partial charge in [-0.15, -0.1) is 0 Å². The first-order chi connectivity index (χ1) is 10.1. The van der Waals surface area contributed by atoms with Crippen molar-refractivity contribution in [2.24, 2.45) is 0 Å². The molecule has 0 spiro atoms. The van der Waals surface area contributed by atoms with Gasteiger partial charge in [0.25, 0.3) is 0 Å². The molecule has 2 rings (SSSR count). The molecule has 0 fully saturated rings. The summed E-state index contributed by atoms with van der Waals surface area (Å²) in [6.07, 6.45) is 0.756. The third-order valence-electron chi connectivity index (χ3n) is 3.18. The largest absolute Gasteiger partial charge is 0.435 e. The van der Waals surface area contributed by atoms with E-state index in [0.717, 1.165) is 17.5 Å². The second kappa shape index (κ2) is 7.38. The van der Waals surface area contributed by atoms with E-state index in [-0.39, 0.29) is 11.8 Å². The normalized spacial score (nSPS) is 12.4. The summed E-state index contributed by atoms with van der Waals surface area (Å²) in [5.41, 5.74) is 2.11. The molecule has 1 unspecified atom stereocenters. The van der Waals surface area contributed by atoms with Gasteiger partial charge in [-0.3, -0.25) is 0 Å². The first-order valence-corrected chi connectivity index (χ1v) is 6.93. The van der Waals surface area contributed by atoms with Crippen LogP contribution in [0.5, 0.6) is 5.75 Å². The highest BCUT2D eigenvalue weighted by Crippen LogP contribution is 2.23. The maximum atomic E-state index is 12.1. The molecular formula is C16H16ClF2NO. The van der Waals surface area contributed by atoms with E-state index in [4.69, 9.17) is 11.6 Å². The quantitative estimate of drug-likeness (QED) is 0.851. The first-order valence-electron chi connectivity index (χ1n) is 6.55. The van der Waals surface area contributed by atoms with Crippen LogP contribution < -0.4 is 10.1 Å². The SMILES string of the molecule is CNC(Cc1cccc(Cl)c1)c1ccc(OC(F)F)cc1. The van der Waals surface area contributed by atoms with Gasteiger partial charge in [-0.1, -0.05) is 35.9 Å². The summed E-state index contributed by atoms with van der Waals surface area (Å²) in [4.78, 5) is 0. The number of halogens is 3. The van der Waals surface area contributed by atoms with E-state index in [2.05, 4.69) is 10.1 Å². The zero-order valence-corrected chi connectivity index (χ0v) is 12.3. The fourth-order valence-corrected chi connectivity index (χ4v) is 2.38. The molecule has 112 valence electrons. The van der Waals surface area contributed by atoms with Crippen molar-refractivity contribution in [3.63, 3.8) is 0 Å². The van der Waals surface area contributed by atoms with Gasteiger partial charge in [0.15, 0.2) is 0 Å². The predicted molar refractivity (Wildman–Crippen MR) is 80.0 cm³/mol. The Hall–Kier alpha value is -1.65. The number of ether oxygens (including phenoxy) is 1. The monoisotopic (exact) mass is 311 g/mol. The Morgan fingerprint density at radius 2 is 1.86 bits per heavy atom. The van der Waals surface area contributed by atoms with Gasteiger partial charge in [-0.25, -0.2) is 0 Å². The molecule has 1 atom stereocenters. The van der Waals surface area contributed by atoms with Crippen molar-refractivity contribution in [2.45, 2.75) is 19.1 Å². The lowest BCUT2D eigenvalue weighted by Crippen LogP contribution is -2.18. The van der Waals surface area contributed by atoms with E-state index in [9.17, 15) is 8.78 Å². The summed E-state index contributed by atoms with van der Waals surface area (Å²) in [5.74, 6) is 0.159. The molecule has 0 aliphatic carbocycles. The van der Waals surface area contributed by atoms with E-state index in [1.165, 1.54) is 0 Å². The molecule has 0 aliphatic rings. The highest BCUT2D eigenvalue weighted by atomic mass is 35.5. The molecule has 21 heavy (non-hydrogen) atoms. The third kappa shape index (κ3) is 4.69. The topological polar surface area (TPSA) is 21.3 Å². The number of benzene rings is 2. The molecule has 2 aromatic rings. The lowest BCUT2D eigenvalue weighted by Gasteiger charge is -2.17. The zero-order chi connectivity index (χ0) is 15.2. The number of nitrogens with one attached hydrogen (secondary N) is 1. The van der Waals surface area contributed by atoms with Gasteiger partial charge >= 0.3 is 6.61 Å². The van der Waals surface area contributed by atoms with Gasteiger partial charge in [-0.2, -0.15) is 8.78 Å².